The predicted octanol–water partition coefficient (Wildman–Crippen LogP) is 4.02. The van der Waals surface area contributed by atoms with Crippen LogP contribution >= 0.6 is 11.6 Å². The Hall–Kier alpha value is -2.92. The van der Waals surface area contributed by atoms with Gasteiger partial charge in [0.15, 0.2) is 5.69 Å². The number of amides is 1. The molecule has 0 fully saturated rings. The summed E-state index contributed by atoms with van der Waals surface area (Å²) in [4.78, 5) is 12.2. The fraction of sp³-hybridized carbons (Fsp3) is 0.190. The molecule has 0 saturated carbocycles. The zero-order valence-electron chi connectivity index (χ0n) is 15.1. The zero-order chi connectivity index (χ0) is 19.1. The molecule has 5 nitrogen and oxygen atoms in total. The Labute approximate surface area is 163 Å². The number of benzene rings is 2. The van der Waals surface area contributed by atoms with Gasteiger partial charge in [-0.2, -0.15) is 0 Å². The van der Waals surface area contributed by atoms with Crippen LogP contribution in [0.1, 0.15) is 27.2 Å². The lowest BCUT2D eigenvalue weighted by molar-refractivity contribution is 0.0945. The van der Waals surface area contributed by atoms with E-state index in [-0.39, 0.29) is 5.91 Å². The maximum Gasteiger partial charge on any atom is 0.272 e. The Kier molecular flexibility index (Phi) is 6.39. The largest absolute Gasteiger partial charge is 0.368 e. The van der Waals surface area contributed by atoms with Gasteiger partial charge in [0.1, 0.15) is 5.82 Å². The number of aryl methyl sites for hydroxylation is 1. The molecule has 2 aromatic carbocycles. The van der Waals surface area contributed by atoms with Gasteiger partial charge >= 0.3 is 0 Å². The summed E-state index contributed by atoms with van der Waals surface area (Å²) < 4.78 is 0. The minimum atomic E-state index is -0.241. The van der Waals surface area contributed by atoms with Crippen molar-refractivity contribution < 1.29 is 4.79 Å². The van der Waals surface area contributed by atoms with Gasteiger partial charge in [0.2, 0.25) is 0 Å². The summed E-state index contributed by atoms with van der Waals surface area (Å²) in [6, 6.07) is 19.2. The molecule has 0 atom stereocenters. The van der Waals surface area contributed by atoms with Crippen LogP contribution < -0.4 is 10.6 Å². The predicted molar refractivity (Wildman–Crippen MR) is 108 cm³/mol. The first-order valence-corrected chi connectivity index (χ1v) is 9.14. The van der Waals surface area contributed by atoms with Crippen molar-refractivity contribution in [3.63, 3.8) is 0 Å². The Morgan fingerprint density at radius 3 is 2.56 bits per heavy atom. The summed E-state index contributed by atoms with van der Waals surface area (Å²) in [5.74, 6) is 0.391. The number of carbonyl (C=O) groups is 1. The number of aromatic nitrogens is 2. The average Bonchev–Trinajstić information content (AvgIpc) is 2.67. The maximum absolute atomic E-state index is 12.2. The molecule has 0 bridgehead atoms. The highest BCUT2D eigenvalue weighted by molar-refractivity contribution is 6.30. The highest BCUT2D eigenvalue weighted by Gasteiger charge is 2.08. The highest BCUT2D eigenvalue weighted by atomic mass is 35.5. The van der Waals surface area contributed by atoms with Crippen LogP contribution in [0.5, 0.6) is 0 Å². The van der Waals surface area contributed by atoms with Crippen molar-refractivity contribution in [1.82, 2.24) is 15.5 Å². The molecular formula is C21H21ClN4O. The smallest absolute Gasteiger partial charge is 0.272 e. The number of halogens is 1. The first kappa shape index (κ1) is 18.9. The fourth-order valence-electron chi connectivity index (χ4n) is 2.67. The lowest BCUT2D eigenvalue weighted by atomic mass is 10.1. The fourth-order valence-corrected chi connectivity index (χ4v) is 2.88. The van der Waals surface area contributed by atoms with Gasteiger partial charge in [-0.05, 0) is 48.7 Å². The Morgan fingerprint density at radius 2 is 1.81 bits per heavy atom. The van der Waals surface area contributed by atoms with Gasteiger partial charge < -0.3 is 10.6 Å². The van der Waals surface area contributed by atoms with Crippen molar-refractivity contribution in [2.75, 3.05) is 11.9 Å². The molecule has 0 unspecified atom stereocenters. The van der Waals surface area contributed by atoms with E-state index < -0.39 is 0 Å². The minimum Gasteiger partial charge on any atom is -0.368 e. The standard InChI is InChI=1S/C21H21ClN4O/c1-15-4-2-6-17(12-15)14-24-21(27)19-8-9-20(26-25-19)23-11-10-16-5-3-7-18(22)13-16/h2-9,12-13H,10-11,14H2,1H3,(H,23,26)(H,24,27). The third-order valence-corrected chi connectivity index (χ3v) is 4.28. The average molecular weight is 381 g/mol. The third-order valence-electron chi connectivity index (χ3n) is 4.04. The SMILES string of the molecule is Cc1cccc(CNC(=O)c2ccc(NCCc3cccc(Cl)c3)nn2)c1. The molecule has 0 radical (unpaired) electrons. The van der Waals surface area contributed by atoms with Gasteiger partial charge in [0.25, 0.3) is 5.91 Å². The Bertz CT molecular complexity index is 912. The summed E-state index contributed by atoms with van der Waals surface area (Å²) in [7, 11) is 0. The van der Waals surface area contributed by atoms with Gasteiger partial charge in [-0.1, -0.05) is 53.6 Å². The number of hydrogen-bond donors (Lipinski definition) is 2. The molecule has 6 heteroatoms. The van der Waals surface area contributed by atoms with Gasteiger partial charge in [0, 0.05) is 18.1 Å². The lowest BCUT2D eigenvalue weighted by Crippen LogP contribution is -2.24. The highest BCUT2D eigenvalue weighted by Crippen LogP contribution is 2.11. The van der Waals surface area contributed by atoms with E-state index in [2.05, 4.69) is 20.8 Å². The van der Waals surface area contributed by atoms with E-state index in [1.165, 1.54) is 0 Å². The molecule has 0 aliphatic carbocycles. The molecule has 27 heavy (non-hydrogen) atoms. The van der Waals surface area contributed by atoms with Crippen LogP contribution in [0.3, 0.4) is 0 Å². The van der Waals surface area contributed by atoms with Crippen LogP contribution in [-0.2, 0) is 13.0 Å². The Balaban J connectivity index is 1.48. The summed E-state index contributed by atoms with van der Waals surface area (Å²) in [5.41, 5.74) is 3.66. The molecule has 0 saturated heterocycles. The Morgan fingerprint density at radius 1 is 1.00 bits per heavy atom. The number of nitrogens with one attached hydrogen (secondary N) is 2. The van der Waals surface area contributed by atoms with Crippen LogP contribution in [0.25, 0.3) is 0 Å². The van der Waals surface area contributed by atoms with Crippen LogP contribution in [-0.4, -0.2) is 22.6 Å². The molecule has 1 aromatic heterocycles. The minimum absolute atomic E-state index is 0.241. The van der Waals surface area contributed by atoms with Crippen LogP contribution in [0.15, 0.2) is 60.7 Å². The summed E-state index contributed by atoms with van der Waals surface area (Å²) in [5, 5.41) is 14.9. The zero-order valence-corrected chi connectivity index (χ0v) is 15.8. The van der Waals surface area contributed by atoms with E-state index in [0.717, 1.165) is 28.1 Å². The van der Waals surface area contributed by atoms with Crippen molar-refractivity contribution >= 4 is 23.3 Å². The molecule has 2 N–H and O–H groups in total. The second kappa shape index (κ2) is 9.14. The summed E-state index contributed by atoms with van der Waals surface area (Å²) in [6.45, 7) is 3.19. The first-order chi connectivity index (χ1) is 13.1. The van der Waals surface area contributed by atoms with E-state index in [1.54, 1.807) is 12.1 Å². The van der Waals surface area contributed by atoms with Gasteiger partial charge in [-0.3, -0.25) is 4.79 Å². The van der Waals surface area contributed by atoms with Crippen molar-refractivity contribution in [2.24, 2.45) is 0 Å². The number of carbonyl (C=O) groups excluding carboxylic acids is 1. The van der Waals surface area contributed by atoms with E-state index in [0.29, 0.717) is 24.6 Å². The molecule has 0 aliphatic rings. The van der Waals surface area contributed by atoms with E-state index in [1.807, 2.05) is 55.5 Å². The van der Waals surface area contributed by atoms with Crippen molar-refractivity contribution in [3.05, 3.63) is 88.1 Å². The summed E-state index contributed by atoms with van der Waals surface area (Å²) >= 11 is 5.98. The van der Waals surface area contributed by atoms with Crippen molar-refractivity contribution in [3.8, 4) is 0 Å². The van der Waals surface area contributed by atoms with Crippen LogP contribution in [0.4, 0.5) is 5.82 Å². The number of hydrogen-bond acceptors (Lipinski definition) is 4. The second-order valence-corrected chi connectivity index (χ2v) is 6.72. The van der Waals surface area contributed by atoms with Gasteiger partial charge in [-0.25, -0.2) is 0 Å². The summed E-state index contributed by atoms with van der Waals surface area (Å²) in [6.07, 6.45) is 0.820. The number of nitrogens with zero attached hydrogens (tertiary/aromatic N) is 2. The van der Waals surface area contributed by atoms with Gasteiger partial charge in [-0.15, -0.1) is 10.2 Å². The molecule has 138 valence electrons. The monoisotopic (exact) mass is 380 g/mol. The molecule has 0 spiro atoms. The van der Waals surface area contributed by atoms with Crippen LogP contribution in [0.2, 0.25) is 5.02 Å². The molecule has 0 aliphatic heterocycles. The maximum atomic E-state index is 12.2. The van der Waals surface area contributed by atoms with E-state index >= 15 is 0 Å². The lowest BCUT2D eigenvalue weighted by Gasteiger charge is -2.07. The van der Waals surface area contributed by atoms with E-state index in [4.69, 9.17) is 11.6 Å². The first-order valence-electron chi connectivity index (χ1n) is 8.76. The third kappa shape index (κ3) is 5.79. The molecule has 1 heterocycles. The van der Waals surface area contributed by atoms with Crippen LogP contribution in [0, 0.1) is 6.92 Å². The molecule has 3 rings (SSSR count). The molecular weight excluding hydrogens is 360 g/mol. The quantitative estimate of drug-likeness (QED) is 0.649. The normalized spacial score (nSPS) is 10.4. The van der Waals surface area contributed by atoms with E-state index in [9.17, 15) is 4.79 Å². The molecule has 1 amide bonds. The number of rotatable bonds is 7. The second-order valence-electron chi connectivity index (χ2n) is 6.28. The van der Waals surface area contributed by atoms with Crippen molar-refractivity contribution in [2.45, 2.75) is 19.9 Å². The molecule has 3 aromatic rings. The van der Waals surface area contributed by atoms with Crippen molar-refractivity contribution in [1.29, 1.82) is 0 Å². The number of anilines is 1. The topological polar surface area (TPSA) is 66.9 Å². The van der Waals surface area contributed by atoms with Gasteiger partial charge in [0.05, 0.1) is 0 Å².